The van der Waals surface area contributed by atoms with Crippen LogP contribution in [0, 0.1) is 11.8 Å². The van der Waals surface area contributed by atoms with Crippen LogP contribution in [0.3, 0.4) is 0 Å². The van der Waals surface area contributed by atoms with Gasteiger partial charge >= 0.3 is 0 Å². The maximum Gasteiger partial charge on any atom is 0.262 e. The number of carbonyl (C=O) groups excluding carboxylic acids is 1. The molecule has 20 heavy (non-hydrogen) atoms. The van der Waals surface area contributed by atoms with Gasteiger partial charge in [0.15, 0.2) is 0 Å². The fourth-order valence-corrected chi connectivity index (χ4v) is 2.92. The van der Waals surface area contributed by atoms with Gasteiger partial charge in [0.2, 0.25) is 0 Å². The van der Waals surface area contributed by atoms with Gasteiger partial charge in [-0.1, -0.05) is 32.4 Å². The van der Waals surface area contributed by atoms with E-state index in [1.165, 1.54) is 18.2 Å². The molecule has 0 heterocycles. The van der Waals surface area contributed by atoms with Crippen LogP contribution in [0.15, 0.2) is 23.1 Å². The van der Waals surface area contributed by atoms with Gasteiger partial charge < -0.3 is 5.32 Å². The van der Waals surface area contributed by atoms with E-state index in [4.69, 9.17) is 22.3 Å². The van der Waals surface area contributed by atoms with Crippen LogP contribution in [0.25, 0.3) is 0 Å². The molecule has 1 rings (SSSR count). The summed E-state index contributed by atoms with van der Waals surface area (Å²) in [4.78, 5) is 11.7. The minimum absolute atomic E-state index is 0.00732. The summed E-state index contributed by atoms with van der Waals surface area (Å²) in [5.74, 6) is 0.414. The summed E-state index contributed by atoms with van der Waals surface area (Å²) in [5, 5.41) is 2.75. The van der Waals surface area contributed by atoms with Gasteiger partial charge in [-0.05, 0) is 30.0 Å². The first-order chi connectivity index (χ1) is 9.12. The molecule has 1 N–H and O–H groups in total. The number of amides is 1. The van der Waals surface area contributed by atoms with Crippen LogP contribution in [-0.4, -0.2) is 20.9 Å². The second-order valence-corrected chi connectivity index (χ2v) is 7.96. The molecule has 0 saturated heterocycles. The van der Waals surface area contributed by atoms with Gasteiger partial charge in [0.25, 0.3) is 15.0 Å². The second-order valence-electron chi connectivity index (χ2n) is 5.01. The molecular formula is C13H17Cl2NO3S. The van der Waals surface area contributed by atoms with E-state index in [-0.39, 0.29) is 21.4 Å². The molecular weight excluding hydrogens is 321 g/mol. The molecule has 0 spiro atoms. The van der Waals surface area contributed by atoms with E-state index < -0.39 is 9.05 Å². The Morgan fingerprint density at radius 3 is 2.40 bits per heavy atom. The Morgan fingerprint density at radius 1 is 1.30 bits per heavy atom. The fraction of sp³-hybridized carbons (Fsp3) is 0.462. The maximum atomic E-state index is 12.0. The molecule has 0 bridgehead atoms. The molecule has 1 aromatic rings. The molecule has 0 fully saturated rings. The fourth-order valence-electron chi connectivity index (χ4n) is 1.42. The first-order valence-electron chi connectivity index (χ1n) is 6.15. The van der Waals surface area contributed by atoms with Crippen LogP contribution in [0.1, 0.15) is 31.1 Å². The molecule has 1 aromatic carbocycles. The number of carbonyl (C=O) groups is 1. The number of nitrogens with one attached hydrogen (secondary N) is 1. The monoisotopic (exact) mass is 337 g/mol. The van der Waals surface area contributed by atoms with Gasteiger partial charge in [-0.3, -0.25) is 4.79 Å². The van der Waals surface area contributed by atoms with Crippen LogP contribution in [0.2, 0.25) is 5.02 Å². The Balaban J connectivity index is 2.90. The molecule has 4 nitrogen and oxygen atoms in total. The Hall–Kier alpha value is -0.780. The van der Waals surface area contributed by atoms with Crippen molar-refractivity contribution in [1.82, 2.24) is 5.32 Å². The van der Waals surface area contributed by atoms with Crippen molar-refractivity contribution in [1.29, 1.82) is 0 Å². The first-order valence-corrected chi connectivity index (χ1v) is 8.84. The third-order valence-corrected chi connectivity index (χ3v) is 4.98. The smallest absolute Gasteiger partial charge is 0.262 e. The highest BCUT2D eigenvalue weighted by Crippen LogP contribution is 2.25. The number of rotatable bonds is 5. The van der Waals surface area contributed by atoms with Gasteiger partial charge in [-0.15, -0.1) is 0 Å². The summed E-state index contributed by atoms with van der Waals surface area (Å²) in [7, 11) is 1.29. The number of benzene rings is 1. The lowest BCUT2D eigenvalue weighted by molar-refractivity contribution is 0.0944. The average molecular weight is 338 g/mol. The molecule has 1 atom stereocenters. The lowest BCUT2D eigenvalue weighted by Crippen LogP contribution is -2.30. The highest BCUT2D eigenvalue weighted by molar-refractivity contribution is 8.13. The molecule has 1 unspecified atom stereocenters. The molecule has 112 valence electrons. The van der Waals surface area contributed by atoms with Crippen LogP contribution in [-0.2, 0) is 9.05 Å². The van der Waals surface area contributed by atoms with Crippen LogP contribution >= 0.6 is 22.3 Å². The molecule has 1 amide bonds. The zero-order chi connectivity index (χ0) is 15.5. The topological polar surface area (TPSA) is 63.2 Å². The van der Waals surface area contributed by atoms with Gasteiger partial charge in [0, 0.05) is 22.8 Å². The van der Waals surface area contributed by atoms with Gasteiger partial charge in [0.05, 0.1) is 5.02 Å². The van der Waals surface area contributed by atoms with Gasteiger partial charge in [0.1, 0.15) is 4.90 Å². The number of hydrogen-bond acceptors (Lipinski definition) is 3. The molecule has 0 radical (unpaired) electrons. The molecule has 0 aliphatic rings. The van der Waals surface area contributed by atoms with Crippen molar-refractivity contribution in [2.24, 2.45) is 11.8 Å². The molecule has 0 saturated carbocycles. The minimum atomic E-state index is -3.97. The predicted molar refractivity (Wildman–Crippen MR) is 80.8 cm³/mol. The second kappa shape index (κ2) is 6.78. The normalized spacial score (nSPS) is 13.3. The Bertz CT molecular complexity index is 600. The van der Waals surface area contributed by atoms with Gasteiger partial charge in [-0.25, -0.2) is 8.42 Å². The van der Waals surface area contributed by atoms with E-state index in [9.17, 15) is 13.2 Å². The van der Waals surface area contributed by atoms with Crippen LogP contribution in [0.4, 0.5) is 0 Å². The molecule has 7 heteroatoms. The van der Waals surface area contributed by atoms with Crippen molar-refractivity contribution < 1.29 is 13.2 Å². The van der Waals surface area contributed by atoms with Crippen molar-refractivity contribution in [3.8, 4) is 0 Å². The van der Waals surface area contributed by atoms with Crippen molar-refractivity contribution in [3.05, 3.63) is 28.8 Å². The Kier molecular flexibility index (Phi) is 5.86. The minimum Gasteiger partial charge on any atom is -0.352 e. The Labute approximate surface area is 128 Å². The summed E-state index contributed by atoms with van der Waals surface area (Å²) in [6.07, 6.45) is 0. The highest BCUT2D eigenvalue weighted by atomic mass is 35.7. The number of hydrogen-bond donors (Lipinski definition) is 1. The summed E-state index contributed by atoms with van der Waals surface area (Å²) in [5.41, 5.74) is 0.213. The van der Waals surface area contributed by atoms with E-state index in [1.54, 1.807) is 0 Å². The third kappa shape index (κ3) is 4.65. The standard InChI is InChI=1S/C13H17Cl2NO3S/c1-8(2)9(3)7-16-13(17)10-4-5-11(14)12(6-10)20(15,18)19/h4-6,8-9H,7H2,1-3H3,(H,16,17). The zero-order valence-corrected chi connectivity index (χ0v) is 13.8. The van der Waals surface area contributed by atoms with E-state index >= 15 is 0 Å². The zero-order valence-electron chi connectivity index (χ0n) is 11.5. The largest absolute Gasteiger partial charge is 0.352 e. The third-order valence-electron chi connectivity index (χ3n) is 3.18. The van der Waals surface area contributed by atoms with Gasteiger partial charge in [-0.2, -0.15) is 0 Å². The van der Waals surface area contributed by atoms with Crippen LogP contribution in [0.5, 0.6) is 0 Å². The Morgan fingerprint density at radius 2 is 1.90 bits per heavy atom. The lowest BCUT2D eigenvalue weighted by atomic mass is 9.98. The lowest BCUT2D eigenvalue weighted by Gasteiger charge is -2.16. The van der Waals surface area contributed by atoms with Crippen molar-refractivity contribution >= 4 is 37.2 Å². The SMILES string of the molecule is CC(C)C(C)CNC(=O)c1ccc(Cl)c(S(=O)(=O)Cl)c1. The molecule has 0 aliphatic heterocycles. The predicted octanol–water partition coefficient (Wildman–Crippen LogP) is 3.29. The summed E-state index contributed by atoms with van der Waals surface area (Å²) in [6, 6.07) is 3.99. The maximum absolute atomic E-state index is 12.0. The number of halogens is 2. The molecule has 0 aliphatic carbocycles. The van der Waals surface area contributed by atoms with Crippen LogP contribution < -0.4 is 5.32 Å². The van der Waals surface area contributed by atoms with E-state index in [1.807, 2.05) is 6.92 Å². The average Bonchev–Trinajstić information content (AvgIpc) is 2.34. The van der Waals surface area contributed by atoms with Crippen molar-refractivity contribution in [2.45, 2.75) is 25.7 Å². The van der Waals surface area contributed by atoms with E-state index in [0.29, 0.717) is 18.4 Å². The summed E-state index contributed by atoms with van der Waals surface area (Å²) in [6.45, 7) is 6.68. The molecule has 0 aromatic heterocycles. The van der Waals surface area contributed by atoms with E-state index in [0.717, 1.165) is 0 Å². The highest BCUT2D eigenvalue weighted by Gasteiger charge is 2.18. The quantitative estimate of drug-likeness (QED) is 0.838. The van der Waals surface area contributed by atoms with Crippen molar-refractivity contribution in [3.63, 3.8) is 0 Å². The van der Waals surface area contributed by atoms with E-state index in [2.05, 4.69) is 19.2 Å². The summed E-state index contributed by atoms with van der Waals surface area (Å²) >= 11 is 5.76. The van der Waals surface area contributed by atoms with Crippen molar-refractivity contribution in [2.75, 3.05) is 6.54 Å². The summed E-state index contributed by atoms with van der Waals surface area (Å²) < 4.78 is 22.7. The first kappa shape index (κ1) is 17.3.